The normalized spacial score (nSPS) is 26.8. The molecule has 2 aliphatic carbocycles. The predicted octanol–water partition coefficient (Wildman–Crippen LogP) is 6.41. The number of carbonyl (C=O) groups excluding carboxylic acids is 1. The Morgan fingerprint density at radius 3 is 2.40 bits per heavy atom. The Morgan fingerprint density at radius 1 is 1.08 bits per heavy atom. The summed E-state index contributed by atoms with van der Waals surface area (Å²) in [6.45, 7) is 4.55. The van der Waals surface area contributed by atoms with Crippen LogP contribution in [0.2, 0.25) is 0 Å². The number of rotatable bonds is 5. The third-order valence-corrected chi connectivity index (χ3v) is 5.94. The molecule has 3 rings (SSSR count). The largest absolute Gasteiger partial charge is 0.459 e. The van der Waals surface area contributed by atoms with Crippen molar-refractivity contribution in [3.8, 4) is 0 Å². The van der Waals surface area contributed by atoms with Gasteiger partial charge in [-0.1, -0.05) is 44.9 Å². The lowest BCUT2D eigenvalue weighted by Gasteiger charge is -2.26. The fourth-order valence-electron chi connectivity index (χ4n) is 4.21. The zero-order valence-electron chi connectivity index (χ0n) is 15.8. The van der Waals surface area contributed by atoms with Gasteiger partial charge < -0.3 is 4.74 Å². The van der Waals surface area contributed by atoms with E-state index in [0.717, 1.165) is 31.1 Å². The van der Waals surface area contributed by atoms with Crippen molar-refractivity contribution in [3.63, 3.8) is 0 Å². The molecule has 2 nitrogen and oxygen atoms in total. The molecule has 25 heavy (non-hydrogen) atoms. The molecule has 0 spiro atoms. The fraction of sp³-hybridized carbons (Fsp3) is 0.609. The van der Waals surface area contributed by atoms with Crippen molar-refractivity contribution < 1.29 is 9.53 Å². The summed E-state index contributed by atoms with van der Waals surface area (Å²) in [5.74, 6) is 1.47. The van der Waals surface area contributed by atoms with E-state index in [1.54, 1.807) is 0 Å². The molecule has 0 aliphatic heterocycles. The Labute approximate surface area is 152 Å². The number of ether oxygens (including phenoxy) is 1. The van der Waals surface area contributed by atoms with E-state index in [1.807, 2.05) is 12.1 Å². The molecule has 1 atom stereocenters. The van der Waals surface area contributed by atoms with Crippen molar-refractivity contribution in [2.75, 3.05) is 0 Å². The highest BCUT2D eigenvalue weighted by molar-refractivity contribution is 5.90. The van der Waals surface area contributed by atoms with Crippen LogP contribution in [0.15, 0.2) is 30.3 Å². The Balaban J connectivity index is 1.56. The summed E-state index contributed by atoms with van der Waals surface area (Å²) in [6.07, 6.45) is 13.2. The monoisotopic (exact) mass is 340 g/mol. The van der Waals surface area contributed by atoms with Gasteiger partial charge >= 0.3 is 5.97 Å². The van der Waals surface area contributed by atoms with E-state index in [2.05, 4.69) is 32.1 Å². The van der Waals surface area contributed by atoms with E-state index < -0.39 is 0 Å². The highest BCUT2D eigenvalue weighted by Crippen LogP contribution is 2.32. The molecule has 1 aromatic carbocycles. The van der Waals surface area contributed by atoms with Crippen LogP contribution in [-0.2, 0) is 4.74 Å². The van der Waals surface area contributed by atoms with E-state index in [9.17, 15) is 4.79 Å². The summed E-state index contributed by atoms with van der Waals surface area (Å²) in [6, 6.07) is 8.04. The zero-order valence-corrected chi connectivity index (χ0v) is 15.8. The van der Waals surface area contributed by atoms with Crippen LogP contribution >= 0.6 is 0 Å². The number of allylic oxidation sites excluding steroid dienone is 2. The summed E-state index contributed by atoms with van der Waals surface area (Å²) in [7, 11) is 0. The molecule has 0 bridgehead atoms. The summed E-state index contributed by atoms with van der Waals surface area (Å²) < 4.78 is 5.70. The summed E-state index contributed by atoms with van der Waals surface area (Å²) in [4.78, 5) is 12.4. The summed E-state index contributed by atoms with van der Waals surface area (Å²) in [5.41, 5.74) is 3.38. The molecule has 0 amide bonds. The van der Waals surface area contributed by atoms with Gasteiger partial charge in [0, 0.05) is 0 Å². The maximum atomic E-state index is 12.4. The van der Waals surface area contributed by atoms with Crippen LogP contribution in [0.1, 0.15) is 87.6 Å². The molecule has 0 radical (unpaired) electrons. The van der Waals surface area contributed by atoms with E-state index in [1.165, 1.54) is 49.7 Å². The molecule has 1 unspecified atom stereocenters. The molecule has 2 aliphatic rings. The Morgan fingerprint density at radius 2 is 1.80 bits per heavy atom. The van der Waals surface area contributed by atoms with E-state index in [-0.39, 0.29) is 12.1 Å². The van der Waals surface area contributed by atoms with Gasteiger partial charge in [0.1, 0.15) is 6.10 Å². The van der Waals surface area contributed by atoms with Gasteiger partial charge in [0.2, 0.25) is 0 Å². The van der Waals surface area contributed by atoms with Crippen LogP contribution in [0.3, 0.4) is 0 Å². The highest BCUT2D eigenvalue weighted by Gasteiger charge is 2.22. The Bertz CT molecular complexity index is 591. The average Bonchev–Trinajstić information content (AvgIpc) is 2.65. The van der Waals surface area contributed by atoms with Crippen LogP contribution in [-0.4, -0.2) is 12.1 Å². The van der Waals surface area contributed by atoms with Crippen LogP contribution < -0.4 is 0 Å². The molecule has 0 saturated heterocycles. The topological polar surface area (TPSA) is 26.3 Å². The van der Waals surface area contributed by atoms with Gasteiger partial charge in [0.25, 0.3) is 0 Å². The second-order valence-electron chi connectivity index (χ2n) is 8.02. The van der Waals surface area contributed by atoms with Crippen LogP contribution in [0.5, 0.6) is 0 Å². The highest BCUT2D eigenvalue weighted by atomic mass is 16.5. The minimum Gasteiger partial charge on any atom is -0.459 e. The predicted molar refractivity (Wildman–Crippen MR) is 104 cm³/mol. The van der Waals surface area contributed by atoms with Gasteiger partial charge in [-0.3, -0.25) is 0 Å². The quantitative estimate of drug-likeness (QED) is 0.579. The number of hydrogen-bond acceptors (Lipinski definition) is 2. The first-order valence-corrected chi connectivity index (χ1v) is 10.2. The van der Waals surface area contributed by atoms with Gasteiger partial charge in [-0.15, -0.1) is 0 Å². The lowest BCUT2D eigenvalue weighted by Crippen LogP contribution is -2.23. The minimum atomic E-state index is -0.160. The lowest BCUT2D eigenvalue weighted by molar-refractivity contribution is 0.0174. The smallest absolute Gasteiger partial charge is 0.338 e. The van der Waals surface area contributed by atoms with Crippen molar-refractivity contribution in [1.29, 1.82) is 0 Å². The third-order valence-electron chi connectivity index (χ3n) is 5.94. The van der Waals surface area contributed by atoms with Crippen molar-refractivity contribution in [3.05, 3.63) is 41.5 Å². The molecule has 2 heteroatoms. The average molecular weight is 341 g/mol. The first-order chi connectivity index (χ1) is 12.2. The van der Waals surface area contributed by atoms with Crippen LogP contribution in [0, 0.1) is 11.8 Å². The molecule has 1 aromatic rings. The van der Waals surface area contributed by atoms with Gasteiger partial charge in [-0.05, 0) is 80.1 Å². The van der Waals surface area contributed by atoms with Crippen LogP contribution in [0.25, 0.3) is 5.57 Å². The third kappa shape index (κ3) is 4.96. The number of hydrogen-bond donors (Lipinski definition) is 0. The van der Waals surface area contributed by atoms with Crippen molar-refractivity contribution in [2.24, 2.45) is 11.8 Å². The van der Waals surface area contributed by atoms with Crippen LogP contribution in [0.4, 0.5) is 0 Å². The van der Waals surface area contributed by atoms with Crippen molar-refractivity contribution >= 4 is 11.5 Å². The fourth-order valence-corrected chi connectivity index (χ4v) is 4.21. The van der Waals surface area contributed by atoms with E-state index in [4.69, 9.17) is 4.74 Å². The van der Waals surface area contributed by atoms with Gasteiger partial charge in [0.05, 0.1) is 5.56 Å². The van der Waals surface area contributed by atoms with Crippen molar-refractivity contribution in [1.82, 2.24) is 0 Å². The van der Waals surface area contributed by atoms with Gasteiger partial charge in [-0.25, -0.2) is 4.79 Å². The molecular formula is C23H32O2. The first-order valence-electron chi connectivity index (χ1n) is 10.2. The second kappa shape index (κ2) is 8.69. The maximum Gasteiger partial charge on any atom is 0.338 e. The molecule has 0 N–H and O–H groups in total. The SMILES string of the molecule is CCCC1CC=C(c2ccc(C(=O)O[C@H]3CC[C@H](C)CC3)cc2)CC1. The number of carbonyl (C=O) groups is 1. The molecular weight excluding hydrogens is 308 g/mol. The van der Waals surface area contributed by atoms with E-state index in [0.29, 0.717) is 5.56 Å². The Kier molecular flexibility index (Phi) is 6.34. The second-order valence-corrected chi connectivity index (χ2v) is 8.02. The van der Waals surface area contributed by atoms with Gasteiger partial charge in [0.15, 0.2) is 0 Å². The summed E-state index contributed by atoms with van der Waals surface area (Å²) in [5, 5.41) is 0. The molecule has 0 heterocycles. The zero-order chi connectivity index (χ0) is 17.6. The molecule has 1 fully saturated rings. The molecule has 0 aromatic heterocycles. The minimum absolute atomic E-state index is 0.111. The van der Waals surface area contributed by atoms with Gasteiger partial charge in [-0.2, -0.15) is 0 Å². The van der Waals surface area contributed by atoms with Crippen molar-refractivity contribution in [2.45, 2.75) is 77.7 Å². The first kappa shape index (κ1) is 18.2. The maximum absolute atomic E-state index is 12.4. The lowest BCUT2D eigenvalue weighted by atomic mass is 9.84. The Hall–Kier alpha value is -1.57. The molecule has 1 saturated carbocycles. The standard InChI is InChI=1S/C23H32O2/c1-3-4-18-7-9-19(10-8-18)20-11-13-21(14-12-20)23(24)25-22-15-5-17(2)6-16-22/h9,11-14,17-18,22H,3-8,10,15-16H2,1-2H3/t17-,18?,22-. The number of esters is 1. The van der Waals surface area contributed by atoms with E-state index >= 15 is 0 Å². The summed E-state index contributed by atoms with van der Waals surface area (Å²) >= 11 is 0. The number of benzene rings is 1. The molecule has 136 valence electrons.